The molecule has 1 aromatic carbocycles. The van der Waals surface area contributed by atoms with Gasteiger partial charge < -0.3 is 9.84 Å². The summed E-state index contributed by atoms with van der Waals surface area (Å²) in [5, 5.41) is 9.85. The fourth-order valence-electron chi connectivity index (χ4n) is 1.27. The number of benzene rings is 1. The van der Waals surface area contributed by atoms with Crippen LogP contribution in [0.2, 0.25) is 0 Å². The standard InChI is InChI=1S/C12H14Cl2O2/c1-8-5-10(9(2)15)3-4-12(8)16-7-11(14)6-13/h3-6,9,15H,7H2,1-2H3/b11-6-/t9-/m0/s1. The zero-order chi connectivity index (χ0) is 12.1. The van der Waals surface area contributed by atoms with Crippen LogP contribution >= 0.6 is 23.2 Å². The highest BCUT2D eigenvalue weighted by Crippen LogP contribution is 2.23. The smallest absolute Gasteiger partial charge is 0.125 e. The first kappa shape index (κ1) is 13.4. The second-order valence-corrected chi connectivity index (χ2v) is 4.25. The van der Waals surface area contributed by atoms with Gasteiger partial charge in [0.1, 0.15) is 12.4 Å². The first-order valence-electron chi connectivity index (χ1n) is 4.90. The first-order chi connectivity index (χ1) is 7.54. The molecule has 0 aliphatic heterocycles. The van der Waals surface area contributed by atoms with E-state index in [0.717, 1.165) is 16.9 Å². The molecule has 1 atom stereocenters. The largest absolute Gasteiger partial charge is 0.488 e. The van der Waals surface area contributed by atoms with Crippen molar-refractivity contribution in [3.8, 4) is 5.75 Å². The molecule has 1 N–H and O–H groups in total. The van der Waals surface area contributed by atoms with Crippen LogP contribution in [-0.4, -0.2) is 11.7 Å². The molecule has 0 aromatic heterocycles. The minimum Gasteiger partial charge on any atom is -0.488 e. The Morgan fingerprint density at radius 3 is 2.75 bits per heavy atom. The van der Waals surface area contributed by atoms with Crippen LogP contribution in [-0.2, 0) is 0 Å². The third-order valence-electron chi connectivity index (χ3n) is 2.17. The summed E-state index contributed by atoms with van der Waals surface area (Å²) < 4.78 is 5.46. The van der Waals surface area contributed by atoms with Crippen LogP contribution in [0.3, 0.4) is 0 Å². The van der Waals surface area contributed by atoms with Gasteiger partial charge in [-0.2, -0.15) is 0 Å². The second kappa shape index (κ2) is 6.14. The van der Waals surface area contributed by atoms with E-state index in [1.807, 2.05) is 25.1 Å². The topological polar surface area (TPSA) is 29.5 Å². The Morgan fingerprint density at radius 1 is 1.56 bits per heavy atom. The predicted octanol–water partition coefficient (Wildman–Crippen LogP) is 3.75. The molecule has 0 saturated heterocycles. The lowest BCUT2D eigenvalue weighted by Crippen LogP contribution is -2.00. The number of aliphatic hydroxyl groups is 1. The van der Waals surface area contributed by atoms with Gasteiger partial charge in [-0.1, -0.05) is 29.3 Å². The lowest BCUT2D eigenvalue weighted by molar-refractivity contribution is 0.199. The molecule has 4 heteroatoms. The fourth-order valence-corrected chi connectivity index (χ4v) is 1.39. The summed E-state index contributed by atoms with van der Waals surface area (Å²) in [6.07, 6.45) is -0.473. The maximum Gasteiger partial charge on any atom is 0.125 e. The molecule has 0 radical (unpaired) electrons. The molecule has 1 rings (SSSR count). The van der Waals surface area contributed by atoms with Crippen LogP contribution in [0.5, 0.6) is 5.75 Å². The summed E-state index contributed by atoms with van der Waals surface area (Å²) in [6.45, 7) is 3.89. The van der Waals surface area contributed by atoms with Gasteiger partial charge in [-0.15, -0.1) is 0 Å². The fraction of sp³-hybridized carbons (Fsp3) is 0.333. The van der Waals surface area contributed by atoms with Crippen molar-refractivity contribution < 1.29 is 9.84 Å². The zero-order valence-electron chi connectivity index (χ0n) is 9.21. The van der Waals surface area contributed by atoms with E-state index in [-0.39, 0.29) is 6.61 Å². The Balaban J connectivity index is 2.75. The van der Waals surface area contributed by atoms with Gasteiger partial charge in [0.25, 0.3) is 0 Å². The van der Waals surface area contributed by atoms with Crippen LogP contribution in [0.1, 0.15) is 24.2 Å². The minimum absolute atomic E-state index is 0.250. The number of halogens is 2. The number of aryl methyl sites for hydroxylation is 1. The molecular weight excluding hydrogens is 247 g/mol. The molecule has 0 saturated carbocycles. The van der Waals surface area contributed by atoms with Crippen molar-refractivity contribution in [1.29, 1.82) is 0 Å². The van der Waals surface area contributed by atoms with E-state index in [4.69, 9.17) is 27.9 Å². The molecular formula is C12H14Cl2O2. The van der Waals surface area contributed by atoms with E-state index < -0.39 is 6.10 Å². The maximum atomic E-state index is 9.41. The molecule has 0 heterocycles. The summed E-state index contributed by atoms with van der Waals surface area (Å²) in [4.78, 5) is 0. The van der Waals surface area contributed by atoms with Crippen molar-refractivity contribution >= 4 is 23.2 Å². The number of hydrogen-bond acceptors (Lipinski definition) is 2. The molecule has 0 aliphatic rings. The second-order valence-electron chi connectivity index (χ2n) is 3.55. The van der Waals surface area contributed by atoms with Crippen LogP contribution in [0.15, 0.2) is 28.8 Å². The molecule has 0 bridgehead atoms. The van der Waals surface area contributed by atoms with E-state index in [0.29, 0.717) is 5.03 Å². The van der Waals surface area contributed by atoms with E-state index >= 15 is 0 Å². The van der Waals surface area contributed by atoms with Gasteiger partial charge in [0.05, 0.1) is 11.1 Å². The van der Waals surface area contributed by atoms with Gasteiger partial charge in [0, 0.05) is 5.54 Å². The number of ether oxygens (including phenoxy) is 1. The molecule has 0 amide bonds. The first-order valence-corrected chi connectivity index (χ1v) is 5.72. The number of aliphatic hydroxyl groups excluding tert-OH is 1. The van der Waals surface area contributed by atoms with E-state index in [1.165, 1.54) is 5.54 Å². The van der Waals surface area contributed by atoms with Gasteiger partial charge in [-0.05, 0) is 37.1 Å². The molecule has 16 heavy (non-hydrogen) atoms. The molecule has 0 aliphatic carbocycles. The van der Waals surface area contributed by atoms with Crippen LogP contribution in [0.25, 0.3) is 0 Å². The Kier molecular flexibility index (Phi) is 5.13. The molecule has 88 valence electrons. The highest BCUT2D eigenvalue weighted by molar-refractivity contribution is 6.36. The third-order valence-corrected chi connectivity index (χ3v) is 2.76. The monoisotopic (exact) mass is 260 g/mol. The highest BCUT2D eigenvalue weighted by Gasteiger charge is 2.05. The number of hydrogen-bond donors (Lipinski definition) is 1. The van der Waals surface area contributed by atoms with Crippen molar-refractivity contribution in [1.82, 2.24) is 0 Å². The van der Waals surface area contributed by atoms with Gasteiger partial charge in [-0.3, -0.25) is 0 Å². The summed E-state index contributed by atoms with van der Waals surface area (Å²) in [5.74, 6) is 0.737. The summed E-state index contributed by atoms with van der Waals surface area (Å²) in [7, 11) is 0. The summed E-state index contributed by atoms with van der Waals surface area (Å²) in [5.41, 5.74) is 3.10. The van der Waals surface area contributed by atoms with Gasteiger partial charge >= 0.3 is 0 Å². The molecule has 0 spiro atoms. The number of rotatable bonds is 4. The van der Waals surface area contributed by atoms with Crippen LogP contribution in [0, 0.1) is 6.92 Å². The molecule has 0 unspecified atom stereocenters. The van der Waals surface area contributed by atoms with E-state index in [2.05, 4.69) is 0 Å². The van der Waals surface area contributed by atoms with Gasteiger partial charge in [0.2, 0.25) is 0 Å². The third kappa shape index (κ3) is 3.71. The molecule has 1 aromatic rings. The van der Waals surface area contributed by atoms with Crippen molar-refractivity contribution in [2.45, 2.75) is 20.0 Å². The Hall–Kier alpha value is -0.700. The van der Waals surface area contributed by atoms with E-state index in [9.17, 15) is 5.11 Å². The van der Waals surface area contributed by atoms with Gasteiger partial charge in [-0.25, -0.2) is 0 Å². The predicted molar refractivity (Wildman–Crippen MR) is 67.1 cm³/mol. The summed E-state index contributed by atoms with van der Waals surface area (Å²) in [6, 6.07) is 5.53. The van der Waals surface area contributed by atoms with Crippen LogP contribution in [0.4, 0.5) is 0 Å². The maximum absolute atomic E-state index is 9.41. The van der Waals surface area contributed by atoms with Crippen molar-refractivity contribution in [3.05, 3.63) is 39.9 Å². The Morgan fingerprint density at radius 2 is 2.25 bits per heavy atom. The van der Waals surface area contributed by atoms with Crippen molar-refractivity contribution in [3.63, 3.8) is 0 Å². The average molecular weight is 261 g/mol. The Labute approximate surface area is 105 Å². The molecule has 2 nitrogen and oxygen atoms in total. The average Bonchev–Trinajstić information content (AvgIpc) is 2.26. The lowest BCUT2D eigenvalue weighted by Gasteiger charge is -2.11. The van der Waals surface area contributed by atoms with E-state index in [1.54, 1.807) is 6.92 Å². The highest BCUT2D eigenvalue weighted by atomic mass is 35.5. The van der Waals surface area contributed by atoms with Crippen molar-refractivity contribution in [2.24, 2.45) is 0 Å². The van der Waals surface area contributed by atoms with Gasteiger partial charge in [0.15, 0.2) is 0 Å². The van der Waals surface area contributed by atoms with Crippen LogP contribution < -0.4 is 4.74 Å². The SMILES string of the molecule is Cc1cc([C@H](C)O)ccc1OC/C(Cl)=C/Cl. The minimum atomic E-state index is -0.473. The van der Waals surface area contributed by atoms with Crippen molar-refractivity contribution in [2.75, 3.05) is 6.61 Å². The normalized spacial score (nSPS) is 13.7. The molecule has 0 fully saturated rings. The quantitative estimate of drug-likeness (QED) is 0.894. The summed E-state index contributed by atoms with van der Waals surface area (Å²) >= 11 is 11.1. The Bertz CT molecular complexity index is 387. The zero-order valence-corrected chi connectivity index (χ0v) is 10.7. The lowest BCUT2D eigenvalue weighted by atomic mass is 10.1.